The Morgan fingerprint density at radius 2 is 1.44 bits per heavy atom. The van der Waals surface area contributed by atoms with Crippen molar-refractivity contribution < 1.29 is 15.1 Å². The molecule has 0 saturated heterocycles. The first-order valence-corrected chi connectivity index (χ1v) is 6.14. The molecule has 1 aromatic rings. The average molecular weight is 254 g/mol. The van der Waals surface area contributed by atoms with Crippen LogP contribution in [0.3, 0.4) is 0 Å². The van der Waals surface area contributed by atoms with Gasteiger partial charge in [-0.1, -0.05) is 0 Å². The van der Waals surface area contributed by atoms with Gasteiger partial charge >= 0.3 is 34.5 Å². The van der Waals surface area contributed by atoms with Gasteiger partial charge in [-0.3, -0.25) is 0 Å². The average Bonchev–Trinajstić information content (AvgIpc) is 2.17. The molecule has 9 heavy (non-hydrogen) atoms. The molecule has 0 unspecified atom stereocenters. The van der Waals surface area contributed by atoms with Crippen LogP contribution in [-0.4, -0.2) is 0 Å². The molecule has 0 spiro atoms. The predicted molar refractivity (Wildman–Crippen MR) is 40.2 cm³/mol. The van der Waals surface area contributed by atoms with Gasteiger partial charge in [-0.2, -0.15) is 18.2 Å². The molecule has 57 valence electrons. The van der Waals surface area contributed by atoms with Crippen molar-refractivity contribution in [2.45, 2.75) is 0 Å². The van der Waals surface area contributed by atoms with Crippen LogP contribution in [0.2, 0.25) is 0 Å². The summed E-state index contributed by atoms with van der Waals surface area (Å²) in [6.45, 7) is 0. The summed E-state index contributed by atoms with van der Waals surface area (Å²) in [5.74, 6) is 0. The molecule has 0 fully saturated rings. The molecule has 0 saturated carbocycles. The fourth-order valence-electron chi connectivity index (χ4n) is 0.321. The van der Waals surface area contributed by atoms with Crippen LogP contribution in [0.25, 0.3) is 0 Å². The first-order chi connectivity index (χ1) is 3.91. The third-order valence-electron chi connectivity index (χ3n) is 0.556. The van der Waals surface area contributed by atoms with Crippen LogP contribution in [0.15, 0.2) is 30.3 Å². The summed E-state index contributed by atoms with van der Waals surface area (Å²) >= 11 is -0.226. The zero-order valence-corrected chi connectivity index (χ0v) is 8.13. The molecule has 1 aromatic carbocycles. The van der Waals surface area contributed by atoms with E-state index in [2.05, 4.69) is 0 Å². The van der Waals surface area contributed by atoms with Crippen LogP contribution in [0, 0.1) is 7.43 Å². The molecule has 0 atom stereocenters. The molecule has 0 heterocycles. The third kappa shape index (κ3) is 11.9. The molecular weight excluding hydrogens is 246 g/mol. The molecule has 0 N–H and O–H groups in total. The minimum Gasteiger partial charge on any atom is -0.214 e. The van der Waals surface area contributed by atoms with Gasteiger partial charge in [0.2, 0.25) is 0 Å². The summed E-state index contributed by atoms with van der Waals surface area (Å²) in [5.41, 5.74) is 0. The Bertz CT molecular complexity index is 78.0. The minimum absolute atomic E-state index is 0. The van der Waals surface area contributed by atoms with E-state index < -0.39 is 0 Å². The second kappa shape index (κ2) is 11.4. The monoisotopic (exact) mass is 253 g/mol. The number of rotatable bonds is 0. The summed E-state index contributed by atoms with van der Waals surface area (Å²) in [4.78, 5) is 0. The van der Waals surface area contributed by atoms with E-state index in [-0.39, 0.29) is 22.6 Å². The molecule has 0 nitrogen and oxygen atoms in total. The summed E-state index contributed by atoms with van der Waals surface area (Å²) in [7, 11) is 9.67. The molecule has 3 heteroatoms. The summed E-state index contributed by atoms with van der Waals surface area (Å²) in [5, 5.41) is 0. The largest absolute Gasteiger partial charge is 0.214 e. The van der Waals surface area contributed by atoms with Crippen LogP contribution < -0.4 is 0 Å². The van der Waals surface area contributed by atoms with Crippen molar-refractivity contribution in [1.82, 2.24) is 0 Å². The van der Waals surface area contributed by atoms with Gasteiger partial charge < -0.3 is 7.43 Å². The van der Waals surface area contributed by atoms with Crippen molar-refractivity contribution in [2.75, 3.05) is 0 Å². The normalized spacial score (nSPS) is 6.89. The maximum Gasteiger partial charge on any atom is -0.172 e. The van der Waals surface area contributed by atoms with Gasteiger partial charge in [0.25, 0.3) is 0 Å². The topological polar surface area (TPSA) is 0 Å². The van der Waals surface area contributed by atoms with Gasteiger partial charge in [0.05, 0.1) is 0 Å². The molecule has 0 aliphatic heterocycles. The van der Waals surface area contributed by atoms with Gasteiger partial charge in [0, 0.05) is 0 Å². The van der Waals surface area contributed by atoms with E-state index in [1.807, 2.05) is 30.3 Å². The van der Waals surface area contributed by atoms with E-state index in [1.54, 1.807) is 0 Å². The third-order valence-corrected chi connectivity index (χ3v) is 0.556. The molecule has 0 bridgehead atoms. The molecule has 0 radical (unpaired) electrons. The summed E-state index contributed by atoms with van der Waals surface area (Å²) in [6.07, 6.45) is 0. The van der Waals surface area contributed by atoms with E-state index in [0.29, 0.717) is 0 Å². The van der Waals surface area contributed by atoms with Gasteiger partial charge in [-0.05, 0) is 0 Å². The summed E-state index contributed by atoms with van der Waals surface area (Å²) < 4.78 is 0. The van der Waals surface area contributed by atoms with Crippen LogP contribution >= 0.6 is 19.4 Å². The molecule has 0 aliphatic carbocycles. The Kier molecular flexibility index (Phi) is 15.5. The maximum atomic E-state index is 4.83. The summed E-state index contributed by atoms with van der Waals surface area (Å²) in [6, 6.07) is 10.0. The zero-order chi connectivity index (χ0) is 6.24. The van der Waals surface area contributed by atoms with Gasteiger partial charge in [-0.15, -0.1) is 0 Å². The fourth-order valence-corrected chi connectivity index (χ4v) is 0.321. The second-order valence-corrected chi connectivity index (χ2v) is 3.50. The Hall–Kier alpha value is 0.553. The number of halogens is 2. The molecular formula is C6H8Cl2Rh-2. The maximum absolute atomic E-state index is 4.83. The van der Waals surface area contributed by atoms with Crippen molar-refractivity contribution in [1.29, 1.82) is 0 Å². The Morgan fingerprint density at radius 1 is 1.11 bits per heavy atom. The Balaban J connectivity index is 0. The molecule has 0 aliphatic rings. The van der Waals surface area contributed by atoms with E-state index in [1.165, 1.54) is 0 Å². The zero-order valence-electron chi connectivity index (χ0n) is 4.98. The van der Waals surface area contributed by atoms with Crippen molar-refractivity contribution in [2.24, 2.45) is 0 Å². The number of hydrogen-bond donors (Lipinski definition) is 0. The Labute approximate surface area is 72.2 Å². The quantitative estimate of drug-likeness (QED) is 0.492. The van der Waals surface area contributed by atoms with E-state index in [9.17, 15) is 0 Å². The Morgan fingerprint density at radius 3 is 1.56 bits per heavy atom. The minimum atomic E-state index is -0.226. The van der Waals surface area contributed by atoms with E-state index in [0.717, 1.165) is 0 Å². The van der Waals surface area contributed by atoms with Gasteiger partial charge in [0.15, 0.2) is 0 Å². The fraction of sp³-hybridized carbons (Fsp3) is 0. The van der Waals surface area contributed by atoms with Crippen LogP contribution in [-0.2, 0) is 15.1 Å². The first-order valence-electron chi connectivity index (χ1n) is 1.92. The van der Waals surface area contributed by atoms with Crippen LogP contribution in [0.4, 0.5) is 0 Å². The van der Waals surface area contributed by atoms with Crippen molar-refractivity contribution in [3.63, 3.8) is 0 Å². The SMILES string of the molecule is [CH3-].[Cl][Rh][Cl].c1cc[cH-]c1. The van der Waals surface area contributed by atoms with Gasteiger partial charge in [-0.25, -0.2) is 12.1 Å². The predicted octanol–water partition coefficient (Wildman–Crippen LogP) is 3.23. The molecule has 0 aromatic heterocycles. The second-order valence-electron chi connectivity index (χ2n) is 1.01. The van der Waals surface area contributed by atoms with Crippen molar-refractivity contribution >= 4 is 19.4 Å². The first kappa shape index (κ1) is 12.3. The molecule has 0 amide bonds. The van der Waals surface area contributed by atoms with Crippen molar-refractivity contribution in [3.8, 4) is 0 Å². The van der Waals surface area contributed by atoms with Crippen molar-refractivity contribution in [3.05, 3.63) is 37.8 Å². The van der Waals surface area contributed by atoms with Crippen LogP contribution in [0.1, 0.15) is 0 Å². The van der Waals surface area contributed by atoms with Gasteiger partial charge in [0.1, 0.15) is 0 Å². The van der Waals surface area contributed by atoms with Crippen LogP contribution in [0.5, 0.6) is 0 Å². The number of hydrogen-bond acceptors (Lipinski definition) is 0. The van der Waals surface area contributed by atoms with E-state index >= 15 is 0 Å². The smallest absolute Gasteiger partial charge is 0.172 e. The standard InChI is InChI=1S/C5H5.CH3.2ClH.Rh/c1-2-4-5-3-1;;;;/h1-5H;1H3;2*1H;/q2*-1;;;+2/p-2. The van der Waals surface area contributed by atoms with E-state index in [4.69, 9.17) is 19.4 Å². The molecule has 1 rings (SSSR count).